The summed E-state index contributed by atoms with van der Waals surface area (Å²) >= 11 is 9.60. The minimum atomic E-state index is 0.296. The van der Waals surface area contributed by atoms with Gasteiger partial charge >= 0.3 is 0 Å². The Labute approximate surface area is 123 Å². The molecule has 1 fully saturated rings. The summed E-state index contributed by atoms with van der Waals surface area (Å²) in [5, 5.41) is 0.758. The van der Waals surface area contributed by atoms with Gasteiger partial charge in [0.2, 0.25) is 0 Å². The topological polar surface area (TPSA) is 29.3 Å². The van der Waals surface area contributed by atoms with Crippen LogP contribution in [0.1, 0.15) is 31.4 Å². The number of hydrogen-bond donors (Lipinski definition) is 1. The minimum Gasteiger partial charge on any atom is -0.329 e. The summed E-state index contributed by atoms with van der Waals surface area (Å²) in [7, 11) is 0. The number of piperidine rings is 1. The van der Waals surface area contributed by atoms with Crippen molar-refractivity contribution < 1.29 is 0 Å². The third kappa shape index (κ3) is 3.27. The van der Waals surface area contributed by atoms with Crippen molar-refractivity contribution in [3.05, 3.63) is 33.3 Å². The molecule has 100 valence electrons. The van der Waals surface area contributed by atoms with Gasteiger partial charge in [0.15, 0.2) is 0 Å². The van der Waals surface area contributed by atoms with Crippen molar-refractivity contribution in [2.75, 3.05) is 19.6 Å². The average Bonchev–Trinajstić information content (AvgIpc) is 2.35. The zero-order valence-electron chi connectivity index (χ0n) is 10.7. The molecule has 0 amide bonds. The number of likely N-dealkylation sites (tertiary alicyclic amines) is 1. The third-order valence-corrected chi connectivity index (χ3v) is 4.73. The van der Waals surface area contributed by atoms with Crippen LogP contribution in [0.2, 0.25) is 5.02 Å². The van der Waals surface area contributed by atoms with Gasteiger partial charge in [-0.05, 0) is 49.5 Å². The highest BCUT2D eigenvalue weighted by atomic mass is 79.9. The Bertz CT molecular complexity index is 403. The van der Waals surface area contributed by atoms with Gasteiger partial charge in [-0.2, -0.15) is 0 Å². The highest BCUT2D eigenvalue weighted by Gasteiger charge is 2.24. The lowest BCUT2D eigenvalue weighted by Crippen LogP contribution is -2.39. The predicted molar refractivity (Wildman–Crippen MR) is 80.9 cm³/mol. The summed E-state index contributed by atoms with van der Waals surface area (Å²) in [5.41, 5.74) is 7.23. The largest absolute Gasteiger partial charge is 0.329 e. The van der Waals surface area contributed by atoms with Crippen molar-refractivity contribution in [3.63, 3.8) is 0 Å². The molecule has 0 radical (unpaired) electrons. The lowest BCUT2D eigenvalue weighted by atomic mass is 9.96. The quantitative estimate of drug-likeness (QED) is 0.912. The van der Waals surface area contributed by atoms with E-state index in [1.54, 1.807) is 0 Å². The zero-order valence-corrected chi connectivity index (χ0v) is 13.0. The van der Waals surface area contributed by atoms with E-state index in [1.165, 1.54) is 18.4 Å². The van der Waals surface area contributed by atoms with Crippen LogP contribution in [0, 0.1) is 5.92 Å². The molecular weight excluding hydrogens is 312 g/mol. The van der Waals surface area contributed by atoms with E-state index in [-0.39, 0.29) is 0 Å². The maximum absolute atomic E-state index is 5.99. The number of nitrogens with two attached hydrogens (primary N) is 1. The van der Waals surface area contributed by atoms with Crippen LogP contribution >= 0.6 is 27.5 Å². The average molecular weight is 332 g/mol. The Morgan fingerprint density at radius 3 is 2.67 bits per heavy atom. The second kappa shape index (κ2) is 6.38. The summed E-state index contributed by atoms with van der Waals surface area (Å²) < 4.78 is 1.06. The van der Waals surface area contributed by atoms with Gasteiger partial charge in [0.1, 0.15) is 0 Å². The maximum Gasteiger partial charge on any atom is 0.0481 e. The first kappa shape index (κ1) is 14.3. The van der Waals surface area contributed by atoms with Gasteiger partial charge in [-0.25, -0.2) is 0 Å². The molecule has 0 saturated carbocycles. The second-order valence-corrected chi connectivity index (χ2v) is 6.43. The second-order valence-electron chi connectivity index (χ2n) is 5.14. The van der Waals surface area contributed by atoms with E-state index < -0.39 is 0 Å². The van der Waals surface area contributed by atoms with E-state index >= 15 is 0 Å². The molecule has 2 N–H and O–H groups in total. The fourth-order valence-corrected chi connectivity index (χ4v) is 3.53. The Morgan fingerprint density at radius 2 is 2.11 bits per heavy atom. The lowest BCUT2D eigenvalue weighted by Gasteiger charge is -2.36. The molecule has 1 atom stereocenters. The smallest absolute Gasteiger partial charge is 0.0481 e. The Balaban J connectivity index is 2.17. The van der Waals surface area contributed by atoms with E-state index in [9.17, 15) is 0 Å². The first-order valence-electron chi connectivity index (χ1n) is 6.51. The van der Waals surface area contributed by atoms with Gasteiger partial charge in [-0.1, -0.05) is 40.5 Å². The summed E-state index contributed by atoms with van der Waals surface area (Å²) in [6.07, 6.45) is 2.53. The highest BCUT2D eigenvalue weighted by molar-refractivity contribution is 9.10. The molecule has 1 unspecified atom stereocenters. The van der Waals surface area contributed by atoms with Gasteiger partial charge < -0.3 is 5.73 Å². The van der Waals surface area contributed by atoms with E-state index in [2.05, 4.69) is 33.8 Å². The summed E-state index contributed by atoms with van der Waals surface area (Å²) in [4.78, 5) is 2.49. The van der Waals surface area contributed by atoms with E-state index in [1.807, 2.05) is 12.1 Å². The molecule has 2 rings (SSSR count). The minimum absolute atomic E-state index is 0.296. The first-order chi connectivity index (χ1) is 8.61. The molecule has 18 heavy (non-hydrogen) atoms. The molecule has 0 bridgehead atoms. The van der Waals surface area contributed by atoms with Crippen molar-refractivity contribution in [3.8, 4) is 0 Å². The molecule has 4 heteroatoms. The molecule has 2 nitrogen and oxygen atoms in total. The van der Waals surface area contributed by atoms with E-state index in [0.29, 0.717) is 12.6 Å². The van der Waals surface area contributed by atoms with Crippen LogP contribution in [0.25, 0.3) is 0 Å². The number of halogens is 2. The monoisotopic (exact) mass is 330 g/mol. The molecule has 1 heterocycles. The normalized spacial score (nSPS) is 20.0. The van der Waals surface area contributed by atoms with Crippen molar-refractivity contribution >= 4 is 27.5 Å². The SMILES string of the molecule is CC1CCN(C(CN)c2ccc(Cl)cc2Br)CC1. The Kier molecular flexibility index (Phi) is 5.07. The van der Waals surface area contributed by atoms with Crippen LogP contribution in [0.5, 0.6) is 0 Å². The molecule has 0 aromatic heterocycles. The number of hydrogen-bond acceptors (Lipinski definition) is 2. The maximum atomic E-state index is 5.99. The zero-order chi connectivity index (χ0) is 13.1. The van der Waals surface area contributed by atoms with Crippen LogP contribution in [-0.4, -0.2) is 24.5 Å². The van der Waals surface area contributed by atoms with E-state index in [0.717, 1.165) is 28.5 Å². The fourth-order valence-electron chi connectivity index (χ4n) is 2.58. The lowest BCUT2D eigenvalue weighted by molar-refractivity contribution is 0.141. The summed E-state index contributed by atoms with van der Waals surface area (Å²) in [5.74, 6) is 0.841. The van der Waals surface area contributed by atoms with Crippen molar-refractivity contribution in [2.24, 2.45) is 11.7 Å². The van der Waals surface area contributed by atoms with Crippen LogP contribution in [0.15, 0.2) is 22.7 Å². The summed E-state index contributed by atoms with van der Waals surface area (Å²) in [6, 6.07) is 6.27. The standard InChI is InChI=1S/C14H20BrClN2/c1-10-4-6-18(7-5-10)14(9-17)12-3-2-11(16)8-13(12)15/h2-3,8,10,14H,4-7,9,17H2,1H3. The van der Waals surface area contributed by atoms with Crippen molar-refractivity contribution in [2.45, 2.75) is 25.8 Å². The van der Waals surface area contributed by atoms with Crippen LogP contribution in [0.4, 0.5) is 0 Å². The fraction of sp³-hybridized carbons (Fsp3) is 0.571. The molecule has 1 aromatic rings. The van der Waals surface area contributed by atoms with Crippen molar-refractivity contribution in [1.29, 1.82) is 0 Å². The molecule has 0 spiro atoms. The van der Waals surface area contributed by atoms with Crippen LogP contribution in [0.3, 0.4) is 0 Å². The molecule has 1 aliphatic rings. The molecule has 1 aliphatic heterocycles. The van der Waals surface area contributed by atoms with Gasteiger partial charge in [-0.15, -0.1) is 0 Å². The predicted octanol–water partition coefficient (Wildman–Crippen LogP) is 3.83. The molecule has 1 saturated heterocycles. The Morgan fingerprint density at radius 1 is 1.44 bits per heavy atom. The Hall–Kier alpha value is -0.0900. The van der Waals surface area contributed by atoms with Crippen molar-refractivity contribution in [1.82, 2.24) is 4.90 Å². The first-order valence-corrected chi connectivity index (χ1v) is 7.68. The number of nitrogens with zero attached hydrogens (tertiary/aromatic N) is 1. The van der Waals surface area contributed by atoms with Gasteiger partial charge in [0.25, 0.3) is 0 Å². The van der Waals surface area contributed by atoms with E-state index in [4.69, 9.17) is 17.3 Å². The van der Waals surface area contributed by atoms with Gasteiger partial charge in [0.05, 0.1) is 0 Å². The summed E-state index contributed by atoms with van der Waals surface area (Å²) in [6.45, 7) is 5.25. The molecule has 1 aromatic carbocycles. The van der Waals surface area contributed by atoms with Crippen LogP contribution in [-0.2, 0) is 0 Å². The third-order valence-electron chi connectivity index (χ3n) is 3.80. The number of benzene rings is 1. The van der Waals surface area contributed by atoms with Gasteiger partial charge in [-0.3, -0.25) is 4.90 Å². The van der Waals surface area contributed by atoms with Crippen LogP contribution < -0.4 is 5.73 Å². The highest BCUT2D eigenvalue weighted by Crippen LogP contribution is 2.32. The molecule has 0 aliphatic carbocycles. The number of rotatable bonds is 3. The molecular formula is C14H20BrClN2. The van der Waals surface area contributed by atoms with Gasteiger partial charge in [0, 0.05) is 22.1 Å².